The lowest BCUT2D eigenvalue weighted by molar-refractivity contribution is 0.101. The minimum absolute atomic E-state index is 0.0625. The summed E-state index contributed by atoms with van der Waals surface area (Å²) in [6.45, 7) is 3.47. The van der Waals surface area contributed by atoms with E-state index in [0.717, 1.165) is 11.4 Å². The summed E-state index contributed by atoms with van der Waals surface area (Å²) in [6, 6.07) is 11.4. The molecule has 100 valence electrons. The molecular formula is C15H18N2O2. The number of furan rings is 1. The van der Waals surface area contributed by atoms with E-state index in [-0.39, 0.29) is 5.78 Å². The summed E-state index contributed by atoms with van der Waals surface area (Å²) < 4.78 is 5.36. The van der Waals surface area contributed by atoms with E-state index in [9.17, 15) is 4.79 Å². The number of nitrogens with zero attached hydrogens (tertiary/aromatic N) is 1. The SMILES string of the molecule is CC(=O)c1cccc(N(CCN)Cc2ccco2)c1. The Morgan fingerprint density at radius 3 is 2.79 bits per heavy atom. The normalized spacial score (nSPS) is 10.4. The fourth-order valence-electron chi connectivity index (χ4n) is 1.97. The molecule has 4 nitrogen and oxygen atoms in total. The number of hydrogen-bond acceptors (Lipinski definition) is 4. The maximum absolute atomic E-state index is 11.4. The number of Topliss-reactive ketones (excluding diaryl/α,β-unsaturated/α-hetero) is 1. The van der Waals surface area contributed by atoms with Gasteiger partial charge in [0.25, 0.3) is 0 Å². The molecule has 0 fully saturated rings. The molecule has 19 heavy (non-hydrogen) atoms. The van der Waals surface area contributed by atoms with Gasteiger partial charge in [0.1, 0.15) is 5.76 Å². The van der Waals surface area contributed by atoms with Gasteiger partial charge in [-0.3, -0.25) is 4.79 Å². The van der Waals surface area contributed by atoms with E-state index >= 15 is 0 Å². The van der Waals surface area contributed by atoms with Gasteiger partial charge >= 0.3 is 0 Å². The quantitative estimate of drug-likeness (QED) is 0.808. The number of hydrogen-bond donors (Lipinski definition) is 1. The standard InChI is InChI=1S/C15H18N2O2/c1-12(18)13-4-2-5-14(10-13)17(8-7-16)11-15-6-3-9-19-15/h2-6,9-10H,7-8,11,16H2,1H3. The van der Waals surface area contributed by atoms with Crippen LogP contribution >= 0.6 is 0 Å². The fourth-order valence-corrected chi connectivity index (χ4v) is 1.97. The van der Waals surface area contributed by atoms with Gasteiger partial charge in [0.2, 0.25) is 0 Å². The van der Waals surface area contributed by atoms with Crippen LogP contribution in [0.1, 0.15) is 23.0 Å². The fraction of sp³-hybridized carbons (Fsp3) is 0.267. The number of benzene rings is 1. The van der Waals surface area contributed by atoms with Gasteiger partial charge in [-0.1, -0.05) is 12.1 Å². The first-order valence-corrected chi connectivity index (χ1v) is 6.29. The van der Waals surface area contributed by atoms with Gasteiger partial charge in [0.15, 0.2) is 5.78 Å². The number of rotatable bonds is 6. The van der Waals surface area contributed by atoms with Crippen molar-refractivity contribution in [3.05, 3.63) is 54.0 Å². The third kappa shape index (κ3) is 3.45. The van der Waals surface area contributed by atoms with Crippen molar-refractivity contribution in [1.29, 1.82) is 0 Å². The molecule has 4 heteroatoms. The summed E-state index contributed by atoms with van der Waals surface area (Å²) in [7, 11) is 0. The van der Waals surface area contributed by atoms with Gasteiger partial charge in [0.05, 0.1) is 12.8 Å². The molecule has 0 unspecified atom stereocenters. The van der Waals surface area contributed by atoms with E-state index in [1.807, 2.05) is 36.4 Å². The molecule has 1 heterocycles. The van der Waals surface area contributed by atoms with Crippen LogP contribution in [0.25, 0.3) is 0 Å². The van der Waals surface area contributed by atoms with Crippen LogP contribution in [0.15, 0.2) is 47.1 Å². The Morgan fingerprint density at radius 2 is 2.16 bits per heavy atom. The molecule has 0 radical (unpaired) electrons. The molecule has 0 bridgehead atoms. The van der Waals surface area contributed by atoms with Crippen molar-refractivity contribution in [2.45, 2.75) is 13.5 Å². The van der Waals surface area contributed by atoms with Crippen LogP contribution in [-0.4, -0.2) is 18.9 Å². The van der Waals surface area contributed by atoms with Gasteiger partial charge in [-0.05, 0) is 31.2 Å². The molecule has 0 atom stereocenters. The number of carbonyl (C=O) groups excluding carboxylic acids is 1. The lowest BCUT2D eigenvalue weighted by Crippen LogP contribution is -2.28. The first kappa shape index (κ1) is 13.4. The Morgan fingerprint density at radius 1 is 1.32 bits per heavy atom. The highest BCUT2D eigenvalue weighted by Gasteiger charge is 2.10. The Bertz CT molecular complexity index is 535. The van der Waals surface area contributed by atoms with Crippen LogP contribution in [0.4, 0.5) is 5.69 Å². The summed E-state index contributed by atoms with van der Waals surface area (Å²) in [5, 5.41) is 0. The van der Waals surface area contributed by atoms with Gasteiger partial charge < -0.3 is 15.1 Å². The first-order chi connectivity index (χ1) is 9.20. The van der Waals surface area contributed by atoms with Crippen LogP contribution in [0, 0.1) is 0 Å². The number of ketones is 1. The molecule has 1 aromatic heterocycles. The molecule has 0 saturated carbocycles. The maximum Gasteiger partial charge on any atom is 0.159 e. The molecule has 0 aliphatic heterocycles. The zero-order chi connectivity index (χ0) is 13.7. The summed E-state index contributed by atoms with van der Waals surface area (Å²) in [6.07, 6.45) is 1.65. The Hall–Kier alpha value is -2.07. The van der Waals surface area contributed by atoms with E-state index in [1.165, 1.54) is 0 Å². The van der Waals surface area contributed by atoms with Crippen molar-refractivity contribution >= 4 is 11.5 Å². The van der Waals surface area contributed by atoms with Crippen LogP contribution in [-0.2, 0) is 6.54 Å². The topological polar surface area (TPSA) is 59.5 Å². The summed E-state index contributed by atoms with van der Waals surface area (Å²) >= 11 is 0. The van der Waals surface area contributed by atoms with Gasteiger partial charge in [0, 0.05) is 24.3 Å². The third-order valence-electron chi connectivity index (χ3n) is 2.94. The lowest BCUT2D eigenvalue weighted by atomic mass is 10.1. The van der Waals surface area contributed by atoms with Gasteiger partial charge in [-0.25, -0.2) is 0 Å². The Labute approximate surface area is 112 Å². The largest absolute Gasteiger partial charge is 0.467 e. The van der Waals surface area contributed by atoms with Crippen molar-refractivity contribution < 1.29 is 9.21 Å². The van der Waals surface area contributed by atoms with E-state index in [2.05, 4.69) is 4.90 Å². The smallest absolute Gasteiger partial charge is 0.159 e. The Kier molecular flexibility index (Phi) is 4.36. The first-order valence-electron chi connectivity index (χ1n) is 6.29. The summed E-state index contributed by atoms with van der Waals surface area (Å²) in [4.78, 5) is 13.5. The molecule has 0 saturated heterocycles. The van der Waals surface area contributed by atoms with Crippen LogP contribution < -0.4 is 10.6 Å². The highest BCUT2D eigenvalue weighted by atomic mass is 16.3. The van der Waals surface area contributed by atoms with Crippen LogP contribution in [0.2, 0.25) is 0 Å². The molecule has 2 rings (SSSR count). The minimum Gasteiger partial charge on any atom is -0.467 e. The second-order valence-electron chi connectivity index (χ2n) is 4.40. The molecule has 0 amide bonds. The summed E-state index contributed by atoms with van der Waals surface area (Å²) in [5.74, 6) is 0.939. The molecule has 0 spiro atoms. The third-order valence-corrected chi connectivity index (χ3v) is 2.94. The van der Waals surface area contributed by atoms with Crippen LogP contribution in [0.5, 0.6) is 0 Å². The molecule has 0 aliphatic rings. The zero-order valence-corrected chi connectivity index (χ0v) is 11.0. The average Bonchev–Trinajstić information content (AvgIpc) is 2.91. The predicted octanol–water partition coefficient (Wildman–Crippen LogP) is 2.45. The van der Waals surface area contributed by atoms with Gasteiger partial charge in [-0.15, -0.1) is 0 Å². The van der Waals surface area contributed by atoms with E-state index in [1.54, 1.807) is 13.2 Å². The second-order valence-corrected chi connectivity index (χ2v) is 4.40. The van der Waals surface area contributed by atoms with E-state index < -0.39 is 0 Å². The van der Waals surface area contributed by atoms with Crippen molar-refractivity contribution in [3.63, 3.8) is 0 Å². The average molecular weight is 258 g/mol. The van der Waals surface area contributed by atoms with Crippen molar-refractivity contribution in [2.75, 3.05) is 18.0 Å². The molecule has 2 N–H and O–H groups in total. The number of anilines is 1. The van der Waals surface area contributed by atoms with E-state index in [4.69, 9.17) is 10.2 Å². The number of nitrogens with two attached hydrogens (primary N) is 1. The minimum atomic E-state index is 0.0625. The van der Waals surface area contributed by atoms with Crippen molar-refractivity contribution in [1.82, 2.24) is 0 Å². The zero-order valence-electron chi connectivity index (χ0n) is 11.0. The van der Waals surface area contributed by atoms with Gasteiger partial charge in [-0.2, -0.15) is 0 Å². The second kappa shape index (κ2) is 6.20. The van der Waals surface area contributed by atoms with Crippen molar-refractivity contribution in [2.24, 2.45) is 5.73 Å². The summed E-state index contributed by atoms with van der Waals surface area (Å²) in [5.41, 5.74) is 7.34. The lowest BCUT2D eigenvalue weighted by Gasteiger charge is -2.23. The molecule has 0 aliphatic carbocycles. The van der Waals surface area contributed by atoms with Crippen LogP contribution in [0.3, 0.4) is 0 Å². The molecule has 1 aromatic carbocycles. The highest BCUT2D eigenvalue weighted by molar-refractivity contribution is 5.94. The highest BCUT2D eigenvalue weighted by Crippen LogP contribution is 2.19. The molecule has 2 aromatic rings. The Balaban J connectivity index is 2.22. The number of carbonyl (C=O) groups is 1. The molecular weight excluding hydrogens is 240 g/mol. The van der Waals surface area contributed by atoms with Crippen molar-refractivity contribution in [3.8, 4) is 0 Å². The van der Waals surface area contributed by atoms with E-state index in [0.29, 0.717) is 25.2 Å². The maximum atomic E-state index is 11.4. The predicted molar refractivity (Wildman–Crippen MR) is 75.3 cm³/mol. The monoisotopic (exact) mass is 258 g/mol.